The minimum Gasteiger partial charge on any atom is -0.332 e. The number of nitrogens with one attached hydrogen (secondary N) is 1. The van der Waals surface area contributed by atoms with Crippen LogP contribution in [0.1, 0.15) is 49.0 Å². The molecule has 1 aliphatic rings. The SMILES string of the molecule is CCCn1c(=O)c2[nH]c(-c3ccc(N(CCCn4ccccc4=O)C(=O)c4ccc(F)c(F)c4)nc3)nc2n(C2CC2)c1=O. The number of benzene rings is 1. The number of H-pyrrole nitrogens is 1. The van der Waals surface area contributed by atoms with E-state index in [1.165, 1.54) is 32.4 Å². The van der Waals surface area contributed by atoms with E-state index in [-0.39, 0.29) is 40.7 Å². The summed E-state index contributed by atoms with van der Waals surface area (Å²) in [5, 5.41) is 0. The number of halogens is 2. The first-order valence-electron chi connectivity index (χ1n) is 14.4. The third kappa shape index (κ3) is 5.48. The van der Waals surface area contributed by atoms with E-state index in [1.807, 2.05) is 6.92 Å². The van der Waals surface area contributed by atoms with Crippen LogP contribution in [0, 0.1) is 11.6 Å². The van der Waals surface area contributed by atoms with Crippen LogP contribution in [-0.2, 0) is 13.1 Å². The molecule has 4 aromatic heterocycles. The average Bonchev–Trinajstić information content (AvgIpc) is 3.76. The molecule has 0 bridgehead atoms. The molecule has 0 atom stereocenters. The average molecular weight is 602 g/mol. The van der Waals surface area contributed by atoms with Crippen LogP contribution in [-0.4, -0.2) is 41.1 Å². The van der Waals surface area contributed by atoms with Crippen molar-refractivity contribution < 1.29 is 13.6 Å². The zero-order valence-electron chi connectivity index (χ0n) is 23.9. The Bertz CT molecular complexity index is 2040. The van der Waals surface area contributed by atoms with Crippen LogP contribution in [0.25, 0.3) is 22.6 Å². The molecule has 0 spiro atoms. The topological polar surface area (TPSA) is 128 Å². The Morgan fingerprint density at radius 1 is 1.05 bits per heavy atom. The van der Waals surface area contributed by atoms with Crippen molar-refractivity contribution in [2.45, 2.75) is 51.7 Å². The number of aryl methyl sites for hydroxylation is 1. The summed E-state index contributed by atoms with van der Waals surface area (Å²) in [6.45, 7) is 2.63. The number of amides is 1. The number of carbonyl (C=O) groups excluding carboxylic acids is 1. The summed E-state index contributed by atoms with van der Waals surface area (Å²) in [6, 6.07) is 11.0. The van der Waals surface area contributed by atoms with Gasteiger partial charge in [-0.1, -0.05) is 13.0 Å². The second-order valence-corrected chi connectivity index (χ2v) is 10.7. The third-order valence-electron chi connectivity index (χ3n) is 7.56. The Morgan fingerprint density at radius 3 is 2.55 bits per heavy atom. The van der Waals surface area contributed by atoms with Crippen molar-refractivity contribution in [2.24, 2.45) is 0 Å². The van der Waals surface area contributed by atoms with Gasteiger partial charge in [-0.25, -0.2) is 23.5 Å². The first kappa shape index (κ1) is 28.9. The molecule has 0 aliphatic heterocycles. The molecule has 6 rings (SSSR count). The first-order valence-corrected chi connectivity index (χ1v) is 14.4. The van der Waals surface area contributed by atoms with Crippen LogP contribution in [0.2, 0.25) is 0 Å². The normalized spacial score (nSPS) is 13.0. The van der Waals surface area contributed by atoms with Gasteiger partial charge in [-0.15, -0.1) is 0 Å². The van der Waals surface area contributed by atoms with E-state index in [4.69, 9.17) is 0 Å². The van der Waals surface area contributed by atoms with Crippen LogP contribution >= 0.6 is 0 Å². The van der Waals surface area contributed by atoms with Crippen molar-refractivity contribution in [3.05, 3.63) is 109 Å². The zero-order chi connectivity index (χ0) is 31.0. The summed E-state index contributed by atoms with van der Waals surface area (Å²) < 4.78 is 31.9. The van der Waals surface area contributed by atoms with Crippen molar-refractivity contribution in [2.75, 3.05) is 11.4 Å². The molecular weight excluding hydrogens is 572 g/mol. The number of nitrogens with zero attached hydrogens (tertiary/aromatic N) is 6. The van der Waals surface area contributed by atoms with Crippen molar-refractivity contribution in [3.8, 4) is 11.4 Å². The molecule has 44 heavy (non-hydrogen) atoms. The van der Waals surface area contributed by atoms with E-state index in [9.17, 15) is 28.0 Å². The predicted molar refractivity (Wildman–Crippen MR) is 160 cm³/mol. The standard InChI is InChI=1S/C31H29F2N7O4/c1-2-13-39-30(43)26-28(40(31(39)44)21-9-10-21)36-27(35-26)20-8-12-24(34-18-20)38(16-5-15-37-14-4-3-6-25(37)41)29(42)19-7-11-22(32)23(33)17-19/h3-4,6-8,11-12,14,17-18,21H,2,5,9-10,13,15-16H2,1H3,(H,35,36). The van der Waals surface area contributed by atoms with Gasteiger partial charge in [0.25, 0.3) is 11.5 Å². The molecule has 0 radical (unpaired) electrons. The molecule has 1 fully saturated rings. The summed E-state index contributed by atoms with van der Waals surface area (Å²) >= 11 is 0. The zero-order valence-corrected chi connectivity index (χ0v) is 23.9. The fourth-order valence-electron chi connectivity index (χ4n) is 5.18. The summed E-state index contributed by atoms with van der Waals surface area (Å²) in [5.74, 6) is -2.25. The van der Waals surface area contributed by atoms with Gasteiger partial charge in [0.15, 0.2) is 17.3 Å². The number of carbonyl (C=O) groups is 1. The number of hydrogen-bond donors (Lipinski definition) is 1. The quantitative estimate of drug-likeness (QED) is 0.259. The summed E-state index contributed by atoms with van der Waals surface area (Å²) in [4.78, 5) is 65.3. The maximum Gasteiger partial charge on any atom is 0.332 e. The summed E-state index contributed by atoms with van der Waals surface area (Å²) in [7, 11) is 0. The lowest BCUT2D eigenvalue weighted by Crippen LogP contribution is -2.39. The Balaban J connectivity index is 1.33. The number of aromatic nitrogens is 6. The summed E-state index contributed by atoms with van der Waals surface area (Å²) in [5.41, 5.74) is -0.0265. The van der Waals surface area contributed by atoms with Gasteiger partial charge in [0.1, 0.15) is 17.2 Å². The molecule has 13 heteroatoms. The first-order chi connectivity index (χ1) is 21.3. The van der Waals surface area contributed by atoms with Crippen LogP contribution in [0.5, 0.6) is 0 Å². The van der Waals surface area contributed by atoms with Crippen molar-refractivity contribution in [3.63, 3.8) is 0 Å². The van der Waals surface area contributed by atoms with Crippen molar-refractivity contribution >= 4 is 22.9 Å². The van der Waals surface area contributed by atoms with E-state index in [0.29, 0.717) is 43.0 Å². The Kier molecular flexibility index (Phi) is 7.77. The Hall–Kier alpha value is -5.20. The third-order valence-corrected chi connectivity index (χ3v) is 7.56. The van der Waals surface area contributed by atoms with E-state index in [0.717, 1.165) is 25.0 Å². The van der Waals surface area contributed by atoms with Gasteiger partial charge in [0.2, 0.25) is 5.56 Å². The fourth-order valence-corrected chi connectivity index (χ4v) is 5.18. The number of fused-ring (bicyclic) bond motifs is 1. The van der Waals surface area contributed by atoms with Gasteiger partial charge >= 0.3 is 5.69 Å². The van der Waals surface area contributed by atoms with E-state index < -0.39 is 23.1 Å². The van der Waals surface area contributed by atoms with Crippen molar-refractivity contribution in [1.82, 2.24) is 28.7 Å². The smallest absolute Gasteiger partial charge is 0.332 e. The molecule has 5 aromatic rings. The Morgan fingerprint density at radius 2 is 1.86 bits per heavy atom. The highest BCUT2D eigenvalue weighted by atomic mass is 19.2. The highest BCUT2D eigenvalue weighted by molar-refractivity contribution is 6.05. The molecule has 1 amide bonds. The van der Waals surface area contributed by atoms with Gasteiger partial charge in [-0.05, 0) is 62.1 Å². The van der Waals surface area contributed by atoms with E-state index in [1.54, 1.807) is 35.0 Å². The lowest BCUT2D eigenvalue weighted by Gasteiger charge is -2.22. The largest absolute Gasteiger partial charge is 0.332 e. The molecule has 1 N–H and O–H groups in total. The van der Waals surface area contributed by atoms with Crippen LogP contribution in [0.3, 0.4) is 0 Å². The number of anilines is 1. The van der Waals surface area contributed by atoms with Gasteiger partial charge in [-0.3, -0.25) is 28.4 Å². The van der Waals surface area contributed by atoms with E-state index in [2.05, 4.69) is 15.0 Å². The monoisotopic (exact) mass is 601 g/mol. The van der Waals surface area contributed by atoms with Crippen LogP contribution < -0.4 is 21.7 Å². The van der Waals surface area contributed by atoms with Gasteiger partial charge in [-0.2, -0.15) is 0 Å². The lowest BCUT2D eigenvalue weighted by atomic mass is 10.1. The van der Waals surface area contributed by atoms with Crippen molar-refractivity contribution in [1.29, 1.82) is 0 Å². The molecule has 11 nitrogen and oxygen atoms in total. The number of aromatic amines is 1. The van der Waals surface area contributed by atoms with Gasteiger partial charge in [0, 0.05) is 55.3 Å². The molecule has 1 aliphatic carbocycles. The highest BCUT2D eigenvalue weighted by Crippen LogP contribution is 2.35. The highest BCUT2D eigenvalue weighted by Gasteiger charge is 2.30. The number of hydrogen-bond acceptors (Lipinski definition) is 6. The number of rotatable bonds is 10. The number of imidazole rings is 1. The second kappa shape index (κ2) is 11.8. The molecule has 226 valence electrons. The maximum absolute atomic E-state index is 14.0. The summed E-state index contributed by atoms with van der Waals surface area (Å²) in [6.07, 6.45) is 5.78. The van der Waals surface area contributed by atoms with Gasteiger partial charge in [0.05, 0.1) is 0 Å². The van der Waals surface area contributed by atoms with Crippen LogP contribution in [0.15, 0.2) is 75.3 Å². The second-order valence-electron chi connectivity index (χ2n) is 10.7. The van der Waals surface area contributed by atoms with E-state index >= 15 is 0 Å². The minimum absolute atomic E-state index is 0.00651. The fraction of sp³-hybridized carbons (Fsp3) is 0.290. The molecule has 0 unspecified atom stereocenters. The molecule has 4 heterocycles. The molecule has 1 saturated carbocycles. The predicted octanol–water partition coefficient (Wildman–Crippen LogP) is 3.87. The lowest BCUT2D eigenvalue weighted by molar-refractivity contribution is 0.0985. The van der Waals surface area contributed by atoms with Crippen LogP contribution in [0.4, 0.5) is 14.6 Å². The molecule has 0 saturated heterocycles. The minimum atomic E-state index is -1.15. The maximum atomic E-state index is 14.0. The van der Waals surface area contributed by atoms with Gasteiger partial charge < -0.3 is 9.55 Å². The Labute approximate surface area is 249 Å². The molecule has 1 aromatic carbocycles. The molecular formula is C31H29F2N7O4. The number of pyridine rings is 2.